The van der Waals surface area contributed by atoms with Crippen LogP contribution in [0.15, 0.2) is 30.5 Å². The zero-order valence-electron chi connectivity index (χ0n) is 14.1. The van der Waals surface area contributed by atoms with Crippen molar-refractivity contribution in [1.29, 1.82) is 0 Å². The summed E-state index contributed by atoms with van der Waals surface area (Å²) < 4.78 is 0. The van der Waals surface area contributed by atoms with Gasteiger partial charge in [-0.05, 0) is 38.0 Å². The van der Waals surface area contributed by atoms with Gasteiger partial charge in [-0.25, -0.2) is 4.98 Å². The van der Waals surface area contributed by atoms with Crippen molar-refractivity contribution in [2.24, 2.45) is 0 Å². The van der Waals surface area contributed by atoms with Gasteiger partial charge >= 0.3 is 0 Å². The van der Waals surface area contributed by atoms with Crippen molar-refractivity contribution in [3.8, 4) is 0 Å². The topological polar surface area (TPSA) is 82.5 Å². The Morgan fingerprint density at radius 3 is 2.88 bits per heavy atom. The molecule has 1 aliphatic rings. The van der Waals surface area contributed by atoms with Gasteiger partial charge in [0.1, 0.15) is 5.82 Å². The third-order valence-corrected chi connectivity index (χ3v) is 5.36. The number of ketones is 1. The Morgan fingerprint density at radius 2 is 2.16 bits per heavy atom. The molecule has 0 spiro atoms. The molecular weight excluding hydrogens is 338 g/mol. The molecule has 132 valence electrons. The monoisotopic (exact) mass is 359 g/mol. The lowest BCUT2D eigenvalue weighted by molar-refractivity contribution is 0.0954. The van der Waals surface area contributed by atoms with Crippen LogP contribution in [-0.4, -0.2) is 41.0 Å². The highest BCUT2D eigenvalue weighted by atomic mass is 32.1. The van der Waals surface area contributed by atoms with Gasteiger partial charge in [-0.2, -0.15) is 0 Å². The minimum absolute atomic E-state index is 0.0396. The Labute approximate surface area is 150 Å². The Morgan fingerprint density at radius 1 is 1.36 bits per heavy atom. The molecule has 25 heavy (non-hydrogen) atoms. The van der Waals surface area contributed by atoms with Crippen LogP contribution in [-0.2, 0) is 6.54 Å². The average molecular weight is 359 g/mol. The maximum Gasteiger partial charge on any atom is 0.261 e. The fourth-order valence-electron chi connectivity index (χ4n) is 2.91. The summed E-state index contributed by atoms with van der Waals surface area (Å²) in [7, 11) is 0. The van der Waals surface area contributed by atoms with E-state index in [0.29, 0.717) is 22.8 Å². The van der Waals surface area contributed by atoms with Crippen molar-refractivity contribution >= 4 is 28.8 Å². The summed E-state index contributed by atoms with van der Waals surface area (Å²) in [6.07, 6.45) is 3.12. The second-order valence-electron chi connectivity index (χ2n) is 6.13. The summed E-state index contributed by atoms with van der Waals surface area (Å²) in [6, 6.07) is 7.11. The molecule has 2 aromatic heterocycles. The predicted molar refractivity (Wildman–Crippen MR) is 97.2 cm³/mol. The lowest BCUT2D eigenvalue weighted by atomic mass is 10.1. The van der Waals surface area contributed by atoms with Gasteiger partial charge in [0.15, 0.2) is 5.78 Å². The van der Waals surface area contributed by atoms with Crippen molar-refractivity contribution < 1.29 is 14.7 Å². The third-order valence-electron chi connectivity index (χ3n) is 4.18. The predicted octanol–water partition coefficient (Wildman–Crippen LogP) is 2.24. The average Bonchev–Trinajstić information content (AvgIpc) is 3.10. The van der Waals surface area contributed by atoms with E-state index < -0.39 is 0 Å². The van der Waals surface area contributed by atoms with Gasteiger partial charge in [-0.3, -0.25) is 9.59 Å². The second kappa shape index (κ2) is 7.76. The number of pyridine rings is 1. The Kier molecular flexibility index (Phi) is 5.45. The maximum atomic E-state index is 12.3. The smallest absolute Gasteiger partial charge is 0.261 e. The van der Waals surface area contributed by atoms with Crippen molar-refractivity contribution in [1.82, 2.24) is 10.3 Å². The van der Waals surface area contributed by atoms with Gasteiger partial charge < -0.3 is 15.3 Å². The molecule has 0 bridgehead atoms. The van der Waals surface area contributed by atoms with Gasteiger partial charge in [-0.1, -0.05) is 6.07 Å². The molecule has 0 saturated carbocycles. The fourth-order valence-corrected chi connectivity index (χ4v) is 3.73. The summed E-state index contributed by atoms with van der Waals surface area (Å²) in [5.74, 6) is 0.561. The number of thiophene rings is 1. The number of rotatable bonds is 5. The number of nitrogens with one attached hydrogen (secondary N) is 1. The van der Waals surface area contributed by atoms with Crippen molar-refractivity contribution in [3.63, 3.8) is 0 Å². The molecular formula is C18H21N3O3S. The summed E-state index contributed by atoms with van der Waals surface area (Å²) in [5.41, 5.74) is 0.910. The van der Waals surface area contributed by atoms with E-state index in [1.54, 1.807) is 18.3 Å². The molecule has 1 saturated heterocycles. The molecule has 6 nitrogen and oxygen atoms in total. The molecule has 7 heteroatoms. The summed E-state index contributed by atoms with van der Waals surface area (Å²) >= 11 is 1.20. The highest BCUT2D eigenvalue weighted by Gasteiger charge is 2.21. The third kappa shape index (κ3) is 4.24. The lowest BCUT2D eigenvalue weighted by Gasteiger charge is -2.32. The molecule has 2 N–H and O–H groups in total. The molecule has 0 unspecified atom stereocenters. The van der Waals surface area contributed by atoms with Crippen LogP contribution < -0.4 is 10.2 Å². The van der Waals surface area contributed by atoms with Crippen molar-refractivity contribution in [3.05, 3.63) is 45.8 Å². The minimum Gasteiger partial charge on any atom is -0.391 e. The Bertz CT molecular complexity index is 774. The van der Waals surface area contributed by atoms with Crippen LogP contribution in [0.3, 0.4) is 0 Å². The molecule has 2 aromatic rings. The number of β-amino-alcohol motifs (C(OH)–C–C–N with tert-alkyl or cyclic N) is 1. The quantitative estimate of drug-likeness (QED) is 0.800. The molecule has 3 heterocycles. The van der Waals surface area contributed by atoms with Gasteiger partial charge in [0.25, 0.3) is 5.91 Å². The molecule has 1 fully saturated rings. The molecule has 1 aliphatic heterocycles. The van der Waals surface area contributed by atoms with E-state index in [9.17, 15) is 14.7 Å². The number of aliphatic hydroxyl groups is 1. The van der Waals surface area contributed by atoms with Crippen molar-refractivity contribution in [2.45, 2.75) is 32.4 Å². The van der Waals surface area contributed by atoms with Crippen LogP contribution in [0.25, 0.3) is 0 Å². The second-order valence-corrected chi connectivity index (χ2v) is 7.21. The van der Waals surface area contributed by atoms with E-state index in [2.05, 4.69) is 15.2 Å². The number of piperidine rings is 1. The van der Waals surface area contributed by atoms with Gasteiger partial charge in [0.05, 0.1) is 15.9 Å². The normalized spacial score (nSPS) is 17.4. The van der Waals surface area contributed by atoms with Crippen LogP contribution in [0.1, 0.15) is 44.7 Å². The van der Waals surface area contributed by atoms with Gasteiger partial charge in [0, 0.05) is 31.4 Å². The number of hydrogen-bond acceptors (Lipinski definition) is 6. The molecule has 1 amide bonds. The van der Waals surface area contributed by atoms with E-state index in [4.69, 9.17) is 0 Å². The number of Topliss-reactive ketones (excluding diaryl/α,β-unsaturated/α-hetero) is 1. The number of aliphatic hydroxyl groups excluding tert-OH is 1. The fraction of sp³-hybridized carbons (Fsp3) is 0.389. The highest BCUT2D eigenvalue weighted by Crippen LogP contribution is 2.22. The van der Waals surface area contributed by atoms with Crippen LogP contribution in [0.2, 0.25) is 0 Å². The van der Waals surface area contributed by atoms with Crippen LogP contribution >= 0.6 is 11.3 Å². The molecule has 1 atom stereocenters. The summed E-state index contributed by atoms with van der Waals surface area (Å²) in [4.78, 5) is 31.3. The number of amides is 1. The van der Waals surface area contributed by atoms with E-state index in [1.807, 2.05) is 12.1 Å². The number of carbonyl (C=O) groups excluding carboxylic acids is 2. The minimum atomic E-state index is -0.339. The Balaban J connectivity index is 1.68. The Hall–Kier alpha value is -2.25. The number of anilines is 1. The molecule has 0 radical (unpaired) electrons. The van der Waals surface area contributed by atoms with Gasteiger partial charge in [0.2, 0.25) is 0 Å². The number of aromatic nitrogens is 1. The van der Waals surface area contributed by atoms with E-state index in [0.717, 1.165) is 30.8 Å². The van der Waals surface area contributed by atoms with E-state index in [1.165, 1.54) is 18.3 Å². The molecule has 3 rings (SSSR count). The van der Waals surface area contributed by atoms with Crippen LogP contribution in [0.4, 0.5) is 5.82 Å². The maximum absolute atomic E-state index is 12.3. The van der Waals surface area contributed by atoms with Crippen LogP contribution in [0.5, 0.6) is 0 Å². The summed E-state index contributed by atoms with van der Waals surface area (Å²) in [6.45, 7) is 3.25. The van der Waals surface area contributed by atoms with Crippen molar-refractivity contribution in [2.75, 3.05) is 18.0 Å². The van der Waals surface area contributed by atoms with E-state index >= 15 is 0 Å². The molecule has 0 aromatic carbocycles. The SMILES string of the molecule is CC(=O)c1ccc(C(=O)NCc2cccnc2N2CCC[C@@H](O)C2)s1. The number of hydrogen-bond donors (Lipinski definition) is 2. The van der Waals surface area contributed by atoms with E-state index in [-0.39, 0.29) is 17.8 Å². The lowest BCUT2D eigenvalue weighted by Crippen LogP contribution is -2.39. The molecule has 0 aliphatic carbocycles. The standard InChI is InChI=1S/C18H21N3O3S/c1-12(22)15-6-7-16(25-15)18(24)20-10-13-4-2-8-19-17(13)21-9-3-5-14(23)11-21/h2,4,6-8,14,23H,3,5,9-11H2,1H3,(H,20,24)/t14-/m1/s1. The highest BCUT2D eigenvalue weighted by molar-refractivity contribution is 7.15. The zero-order valence-corrected chi connectivity index (χ0v) is 14.9. The zero-order chi connectivity index (χ0) is 17.8. The largest absolute Gasteiger partial charge is 0.391 e. The number of nitrogens with zero attached hydrogens (tertiary/aromatic N) is 2. The first kappa shape index (κ1) is 17.6. The first-order chi connectivity index (χ1) is 12.0. The summed E-state index contributed by atoms with van der Waals surface area (Å²) in [5, 5.41) is 12.8. The number of carbonyl (C=O) groups is 2. The van der Waals surface area contributed by atoms with Crippen LogP contribution in [0, 0.1) is 0 Å². The first-order valence-corrected chi connectivity index (χ1v) is 9.12. The first-order valence-electron chi connectivity index (χ1n) is 8.30. The van der Waals surface area contributed by atoms with Gasteiger partial charge in [-0.15, -0.1) is 11.3 Å².